The van der Waals surface area contributed by atoms with E-state index in [9.17, 15) is 14.4 Å². The van der Waals surface area contributed by atoms with Crippen LogP contribution in [-0.2, 0) is 48.1 Å². The minimum absolute atomic E-state index is 0.114. The molecule has 5 aliphatic carbocycles. The summed E-state index contributed by atoms with van der Waals surface area (Å²) >= 11 is 0. The summed E-state index contributed by atoms with van der Waals surface area (Å²) in [4.78, 5) is 62.4. The van der Waals surface area contributed by atoms with Crippen molar-refractivity contribution >= 4 is 17.9 Å². The average molecular weight is 663 g/mol. The summed E-state index contributed by atoms with van der Waals surface area (Å²) in [6.45, 7) is 14.2. The van der Waals surface area contributed by atoms with Gasteiger partial charge in [-0.2, -0.15) is 19.6 Å². The van der Waals surface area contributed by atoms with Crippen LogP contribution in [0.15, 0.2) is 0 Å². The molecule has 6 fully saturated rings. The molecule has 0 radical (unpaired) electrons. The van der Waals surface area contributed by atoms with E-state index in [0.29, 0.717) is 32.1 Å². The maximum absolute atomic E-state index is 12.7. The molecule has 0 aromatic heterocycles. The Morgan fingerprint density at radius 1 is 0.851 bits per heavy atom. The zero-order valence-corrected chi connectivity index (χ0v) is 29.8. The minimum Gasteiger partial charge on any atom is -0.469 e. The van der Waals surface area contributed by atoms with Gasteiger partial charge in [0.05, 0.1) is 7.11 Å². The van der Waals surface area contributed by atoms with Gasteiger partial charge in [-0.15, -0.1) is 0 Å². The molecule has 10 heteroatoms. The van der Waals surface area contributed by atoms with Crippen molar-refractivity contribution in [1.82, 2.24) is 0 Å². The lowest BCUT2D eigenvalue weighted by atomic mass is 9.42. The molecule has 0 N–H and O–H groups in total. The molecule has 6 unspecified atom stereocenters. The molecule has 0 aromatic rings. The first-order chi connectivity index (χ1) is 22.2. The summed E-state index contributed by atoms with van der Waals surface area (Å²) in [6, 6.07) is 0. The maximum Gasteiger partial charge on any atom is 0.305 e. The van der Waals surface area contributed by atoms with Crippen molar-refractivity contribution in [1.29, 1.82) is 0 Å². The fraction of sp³-hybridized carbons (Fsp3) is 0.919. The van der Waals surface area contributed by atoms with Crippen LogP contribution >= 0.6 is 0 Å². The molecular weight excluding hydrogens is 604 g/mol. The second-order valence-electron chi connectivity index (χ2n) is 16.8. The molecule has 1 aliphatic heterocycles. The predicted octanol–water partition coefficient (Wildman–Crippen LogP) is 7.08. The summed E-state index contributed by atoms with van der Waals surface area (Å²) < 4.78 is 17.5. The smallest absolute Gasteiger partial charge is 0.305 e. The van der Waals surface area contributed by atoms with Gasteiger partial charge in [0.2, 0.25) is 11.6 Å². The van der Waals surface area contributed by atoms with Crippen molar-refractivity contribution < 1.29 is 48.1 Å². The molecule has 10 nitrogen and oxygen atoms in total. The van der Waals surface area contributed by atoms with Crippen LogP contribution < -0.4 is 0 Å². The first-order valence-corrected chi connectivity index (χ1v) is 18.3. The summed E-state index contributed by atoms with van der Waals surface area (Å²) in [5.74, 6) is -1.24. The highest BCUT2D eigenvalue weighted by molar-refractivity contribution is 5.69. The van der Waals surface area contributed by atoms with Crippen molar-refractivity contribution in [2.24, 2.45) is 58.2 Å². The third kappa shape index (κ3) is 5.84. The van der Waals surface area contributed by atoms with Crippen LogP contribution in [0.1, 0.15) is 126 Å². The fourth-order valence-electron chi connectivity index (χ4n) is 11.8. The molecule has 2 spiro atoms. The monoisotopic (exact) mass is 662 g/mol. The van der Waals surface area contributed by atoms with E-state index in [1.807, 2.05) is 0 Å². The number of fused-ring (bicyclic) bond motifs is 5. The molecule has 1 heterocycles. The Morgan fingerprint density at radius 2 is 1.51 bits per heavy atom. The summed E-state index contributed by atoms with van der Waals surface area (Å²) in [6.07, 6.45) is 9.04. The van der Waals surface area contributed by atoms with E-state index in [1.165, 1.54) is 21.0 Å². The number of carbonyl (C=O) groups excluding carboxylic acids is 3. The largest absolute Gasteiger partial charge is 0.469 e. The van der Waals surface area contributed by atoms with Gasteiger partial charge in [0, 0.05) is 56.3 Å². The highest BCUT2D eigenvalue weighted by Gasteiger charge is 2.69. The van der Waals surface area contributed by atoms with Gasteiger partial charge in [-0.05, 0) is 86.4 Å². The average Bonchev–Trinajstić information content (AvgIpc) is 3.38. The predicted molar refractivity (Wildman–Crippen MR) is 169 cm³/mol. The Bertz CT molecular complexity index is 1180. The molecule has 266 valence electrons. The lowest BCUT2D eigenvalue weighted by molar-refractivity contribution is -0.677. The maximum atomic E-state index is 12.7. The number of hydrogen-bond acceptors (Lipinski definition) is 10. The topological polar surface area (TPSA) is 116 Å². The second-order valence-corrected chi connectivity index (χ2v) is 16.8. The van der Waals surface area contributed by atoms with E-state index in [-0.39, 0.29) is 88.3 Å². The Kier molecular flexibility index (Phi) is 9.60. The van der Waals surface area contributed by atoms with E-state index in [2.05, 4.69) is 34.6 Å². The van der Waals surface area contributed by atoms with Crippen molar-refractivity contribution in [3.63, 3.8) is 0 Å². The quantitative estimate of drug-likeness (QED) is 0.166. The van der Waals surface area contributed by atoms with E-state index in [1.54, 1.807) is 0 Å². The Labute approximate surface area is 280 Å². The van der Waals surface area contributed by atoms with E-state index in [4.69, 9.17) is 33.8 Å². The van der Waals surface area contributed by atoms with Gasteiger partial charge in [-0.1, -0.05) is 41.0 Å². The van der Waals surface area contributed by atoms with Crippen LogP contribution in [0.4, 0.5) is 0 Å². The number of ether oxygens (including phenoxy) is 3. The third-order valence-electron chi connectivity index (χ3n) is 14.4. The van der Waals surface area contributed by atoms with Crippen molar-refractivity contribution in [3.05, 3.63) is 0 Å². The van der Waals surface area contributed by atoms with Gasteiger partial charge in [0.15, 0.2) is 0 Å². The van der Waals surface area contributed by atoms with Crippen molar-refractivity contribution in [2.45, 2.75) is 149 Å². The number of esters is 3. The number of hydrogen-bond donors (Lipinski definition) is 0. The SMILES string of the molecule is COC(=O)CCC(C)[C@H]1CCC2C3C(C[C@H](OC(C)=O)[C@@]21C)[C@@]1(C)CCC2(C[C@H]1C[C@H]3OC(C)=O)OOC1(OO2)C(C)CCCC1C. The van der Waals surface area contributed by atoms with Crippen LogP contribution in [-0.4, -0.2) is 48.8 Å². The van der Waals surface area contributed by atoms with Gasteiger partial charge in [0.25, 0.3) is 0 Å². The first-order valence-electron chi connectivity index (χ1n) is 18.3. The molecule has 5 saturated carbocycles. The van der Waals surface area contributed by atoms with Gasteiger partial charge >= 0.3 is 17.9 Å². The zero-order chi connectivity index (χ0) is 33.9. The van der Waals surface area contributed by atoms with Crippen LogP contribution in [0.2, 0.25) is 0 Å². The third-order valence-corrected chi connectivity index (χ3v) is 14.4. The fourth-order valence-corrected chi connectivity index (χ4v) is 11.8. The highest BCUT2D eigenvalue weighted by Crippen LogP contribution is 2.70. The molecule has 0 bridgehead atoms. The zero-order valence-electron chi connectivity index (χ0n) is 29.8. The van der Waals surface area contributed by atoms with Gasteiger partial charge in [-0.3, -0.25) is 14.4 Å². The Balaban J connectivity index is 1.28. The van der Waals surface area contributed by atoms with Crippen molar-refractivity contribution in [2.75, 3.05) is 7.11 Å². The summed E-state index contributed by atoms with van der Waals surface area (Å²) in [5.41, 5.74) is -0.424. The standard InChI is InChI=1S/C37H58O10/c1-21(12-15-32(40)41-8)27-13-14-28-33-29(19-31(35(27,28)7)43-25(5)39)34(6)16-17-36(20-26(34)18-30(33)42-24(4)38)44-46-37(47-45-36)22(2)10-9-11-23(37)3/h21-23,26-31,33H,9-20H2,1-8H3/t21?,22?,23?,26-,27-,28?,29?,30-,31+,33?,34+,35-,36?,37?/m1/s1. The van der Waals surface area contributed by atoms with E-state index < -0.39 is 11.6 Å². The summed E-state index contributed by atoms with van der Waals surface area (Å²) in [5, 5.41) is 0. The van der Waals surface area contributed by atoms with E-state index >= 15 is 0 Å². The van der Waals surface area contributed by atoms with Gasteiger partial charge in [0.1, 0.15) is 12.2 Å². The second kappa shape index (κ2) is 12.9. The van der Waals surface area contributed by atoms with Gasteiger partial charge < -0.3 is 14.2 Å². The normalized spacial score (nSPS) is 48.1. The summed E-state index contributed by atoms with van der Waals surface area (Å²) in [7, 11) is 1.43. The van der Waals surface area contributed by atoms with Crippen LogP contribution in [0.5, 0.6) is 0 Å². The molecule has 47 heavy (non-hydrogen) atoms. The number of rotatable bonds is 6. The van der Waals surface area contributed by atoms with Crippen LogP contribution in [0.3, 0.4) is 0 Å². The molecule has 12 atom stereocenters. The Morgan fingerprint density at radius 3 is 2.13 bits per heavy atom. The number of carbonyl (C=O) groups is 3. The van der Waals surface area contributed by atoms with E-state index in [0.717, 1.165) is 44.9 Å². The van der Waals surface area contributed by atoms with Crippen molar-refractivity contribution in [3.8, 4) is 0 Å². The minimum atomic E-state index is -1.02. The van der Waals surface area contributed by atoms with Crippen LogP contribution in [0.25, 0.3) is 0 Å². The Hall–Kier alpha value is -1.75. The molecule has 1 saturated heterocycles. The van der Waals surface area contributed by atoms with Gasteiger partial charge in [-0.25, -0.2) is 0 Å². The lowest BCUT2D eigenvalue weighted by Crippen LogP contribution is -2.66. The number of methoxy groups -OCH3 is 1. The molecule has 6 aliphatic rings. The molecule has 6 rings (SSSR count). The molecular formula is C37H58O10. The first kappa shape index (κ1) is 35.1. The molecule has 0 amide bonds. The lowest BCUT2D eigenvalue weighted by Gasteiger charge is -2.65. The van der Waals surface area contributed by atoms with Crippen LogP contribution in [0, 0.1) is 58.2 Å². The highest BCUT2D eigenvalue weighted by atomic mass is 17.4. The molecule has 0 aromatic carbocycles.